The van der Waals surface area contributed by atoms with Crippen molar-refractivity contribution in [2.45, 2.75) is 128 Å². The molecule has 0 aliphatic rings. The van der Waals surface area contributed by atoms with Gasteiger partial charge in [0.1, 0.15) is 6.54 Å². The average Bonchev–Trinajstić information content (AvgIpc) is 2.73. The van der Waals surface area contributed by atoms with E-state index < -0.39 is 12.9 Å². The zero-order valence-corrected chi connectivity index (χ0v) is 23.8. The van der Waals surface area contributed by atoms with Crippen LogP contribution >= 0.6 is 7.60 Å². The summed E-state index contributed by atoms with van der Waals surface area (Å²) in [5.74, 6) is 0. The molecule has 0 heterocycles. The number of nitrogens with zero attached hydrogens (tertiary/aromatic N) is 1. The lowest BCUT2D eigenvalue weighted by Crippen LogP contribution is -2.49. The van der Waals surface area contributed by atoms with Gasteiger partial charge in [0.15, 0.2) is 0 Å². The van der Waals surface area contributed by atoms with Crippen molar-refractivity contribution in [1.82, 2.24) is 0 Å². The summed E-state index contributed by atoms with van der Waals surface area (Å²) >= 11 is 0. The summed E-state index contributed by atoms with van der Waals surface area (Å²) in [4.78, 5) is 19.2. The summed E-state index contributed by atoms with van der Waals surface area (Å²) in [5.41, 5.74) is 0. The second-order valence-corrected chi connectivity index (χ2v) is 13.0. The van der Waals surface area contributed by atoms with Crippen molar-refractivity contribution in [2.75, 3.05) is 27.7 Å². The van der Waals surface area contributed by atoms with Crippen LogP contribution in [-0.2, 0) is 4.57 Å². The minimum absolute atomic E-state index is 0.0546. The van der Waals surface area contributed by atoms with Gasteiger partial charge in [-0.1, -0.05) is 89.0 Å². The fourth-order valence-electron chi connectivity index (χ4n) is 4.32. The molecule has 0 aromatic carbocycles. The molecule has 0 saturated carbocycles. The summed E-state index contributed by atoms with van der Waals surface area (Å²) in [6, 6.07) is 0. The Morgan fingerprint density at radius 3 is 1.35 bits per heavy atom. The van der Waals surface area contributed by atoms with Crippen LogP contribution in [0.3, 0.4) is 0 Å². The average molecular weight is 503 g/mol. The number of hydrogen-bond acceptors (Lipinski definition) is 2. The highest BCUT2D eigenvalue weighted by Crippen LogP contribution is 2.52. The van der Waals surface area contributed by atoms with Crippen molar-refractivity contribution in [1.29, 1.82) is 0 Å². The zero-order valence-electron chi connectivity index (χ0n) is 22.9. The highest BCUT2D eigenvalue weighted by atomic mass is 31.2. The van der Waals surface area contributed by atoms with Gasteiger partial charge in [-0.3, -0.25) is 4.57 Å². The first kappa shape index (κ1) is 33.5. The Kier molecular flexibility index (Phi) is 19.4. The highest BCUT2D eigenvalue weighted by Gasteiger charge is 2.48. The maximum absolute atomic E-state index is 11.8. The van der Waals surface area contributed by atoms with Crippen LogP contribution in [0.25, 0.3) is 0 Å². The second-order valence-electron chi connectivity index (χ2n) is 11.1. The van der Waals surface area contributed by atoms with E-state index in [1.54, 1.807) is 0 Å². The molecule has 0 radical (unpaired) electrons. The van der Waals surface area contributed by atoms with Gasteiger partial charge in [0.25, 0.3) is 0 Å². The van der Waals surface area contributed by atoms with Crippen molar-refractivity contribution in [3.05, 3.63) is 24.3 Å². The second kappa shape index (κ2) is 19.7. The van der Waals surface area contributed by atoms with E-state index in [2.05, 4.69) is 31.2 Å². The molecule has 0 bridgehead atoms. The van der Waals surface area contributed by atoms with Crippen molar-refractivity contribution in [2.24, 2.45) is 0 Å². The van der Waals surface area contributed by atoms with E-state index in [1.165, 1.54) is 70.6 Å². The summed E-state index contributed by atoms with van der Waals surface area (Å²) in [6.07, 6.45) is 29.8. The molecular weight excluding hydrogens is 445 g/mol. The fraction of sp³-hybridized carbons (Fsp3) is 0.857. The molecule has 0 aromatic heterocycles. The van der Waals surface area contributed by atoms with E-state index >= 15 is 0 Å². The van der Waals surface area contributed by atoms with Crippen molar-refractivity contribution < 1.29 is 23.9 Å². The summed E-state index contributed by atoms with van der Waals surface area (Å²) in [5, 5.41) is 8.63. The number of hydrogen-bond donors (Lipinski definition) is 3. The van der Waals surface area contributed by atoms with Crippen LogP contribution in [-0.4, -0.2) is 52.4 Å². The van der Waals surface area contributed by atoms with Gasteiger partial charge in [0, 0.05) is 0 Å². The van der Waals surface area contributed by atoms with Crippen LogP contribution in [0.1, 0.15) is 122 Å². The van der Waals surface area contributed by atoms with E-state index in [1.807, 2.05) is 21.1 Å². The molecule has 0 saturated heterocycles. The first-order chi connectivity index (χ1) is 16.0. The number of allylic oxidation sites excluding steroid dienone is 4. The first-order valence-electron chi connectivity index (χ1n) is 13.9. The molecule has 0 amide bonds. The molecule has 0 fully saturated rings. The highest BCUT2D eigenvalue weighted by molar-refractivity contribution is 7.53. The summed E-state index contributed by atoms with van der Waals surface area (Å²) in [6.45, 7) is 2.28. The molecule has 5 nitrogen and oxygen atoms in total. The maximum Gasteiger partial charge on any atom is 0.362 e. The molecule has 0 rings (SSSR count). The van der Waals surface area contributed by atoms with Crippen molar-refractivity contribution >= 4 is 7.60 Å². The van der Waals surface area contributed by atoms with Gasteiger partial charge in [0.2, 0.25) is 5.34 Å². The van der Waals surface area contributed by atoms with E-state index in [4.69, 9.17) is 0 Å². The number of quaternary nitrogens is 1. The Bertz CT molecular complexity index is 579. The van der Waals surface area contributed by atoms with E-state index in [0.717, 1.165) is 32.1 Å². The van der Waals surface area contributed by atoms with Crippen molar-refractivity contribution in [3.63, 3.8) is 0 Å². The molecule has 3 N–H and O–H groups in total. The van der Waals surface area contributed by atoms with E-state index in [9.17, 15) is 19.5 Å². The third-order valence-electron chi connectivity index (χ3n) is 6.25. The fourth-order valence-corrected chi connectivity index (χ4v) is 5.38. The lowest BCUT2D eigenvalue weighted by Gasteiger charge is -2.35. The predicted molar refractivity (Wildman–Crippen MR) is 147 cm³/mol. The molecule has 202 valence electrons. The monoisotopic (exact) mass is 502 g/mol. The minimum Gasteiger partial charge on any atom is -0.373 e. The Morgan fingerprint density at radius 1 is 0.647 bits per heavy atom. The lowest BCUT2D eigenvalue weighted by atomic mass is 10.1. The summed E-state index contributed by atoms with van der Waals surface area (Å²) in [7, 11) is 0.961. The zero-order chi connectivity index (χ0) is 25.8. The molecule has 0 aromatic rings. The Labute approximate surface area is 211 Å². The van der Waals surface area contributed by atoms with Gasteiger partial charge in [-0.05, 0) is 57.8 Å². The van der Waals surface area contributed by atoms with Crippen molar-refractivity contribution in [3.8, 4) is 0 Å². The molecular formula is C28H57NO4P+. The van der Waals surface area contributed by atoms with Crippen LogP contribution in [0.2, 0.25) is 0 Å². The third-order valence-corrected chi connectivity index (χ3v) is 7.70. The minimum atomic E-state index is -4.55. The van der Waals surface area contributed by atoms with E-state index in [0.29, 0.717) is 10.9 Å². The number of rotatable bonds is 23. The smallest absolute Gasteiger partial charge is 0.362 e. The molecule has 1 atom stereocenters. The summed E-state index contributed by atoms with van der Waals surface area (Å²) < 4.78 is 12.1. The van der Waals surface area contributed by atoms with Gasteiger partial charge >= 0.3 is 7.60 Å². The molecule has 0 aliphatic carbocycles. The van der Waals surface area contributed by atoms with Crippen LogP contribution in [0.15, 0.2) is 24.3 Å². The van der Waals surface area contributed by atoms with Crippen LogP contribution in [0.4, 0.5) is 0 Å². The van der Waals surface area contributed by atoms with Crippen LogP contribution < -0.4 is 0 Å². The Hall–Kier alpha value is -0.450. The van der Waals surface area contributed by atoms with Crippen LogP contribution in [0.5, 0.6) is 0 Å². The predicted octanol–water partition coefficient (Wildman–Crippen LogP) is 7.71. The van der Waals surface area contributed by atoms with Gasteiger partial charge in [0.05, 0.1) is 21.1 Å². The molecule has 34 heavy (non-hydrogen) atoms. The quantitative estimate of drug-likeness (QED) is 0.0578. The normalized spacial score (nSPS) is 14.9. The molecule has 0 aliphatic heterocycles. The Balaban J connectivity index is 3.59. The first-order valence-corrected chi connectivity index (χ1v) is 15.5. The number of likely N-dealkylation sites (N-methyl/N-ethyl adjacent to an activating group) is 1. The SMILES string of the molecule is CCC/C=C\CCCCCCCCC/C=C\CCCCCCCC(O)(C[N+](C)(C)C)P(=O)(O)O. The number of unbranched alkanes of at least 4 members (excludes halogenated alkanes) is 14. The van der Waals surface area contributed by atoms with Gasteiger partial charge in [-0.25, -0.2) is 0 Å². The maximum atomic E-state index is 11.8. The lowest BCUT2D eigenvalue weighted by molar-refractivity contribution is -0.875. The number of aliphatic hydroxyl groups is 1. The van der Waals surface area contributed by atoms with Gasteiger partial charge < -0.3 is 19.4 Å². The molecule has 6 heteroatoms. The topological polar surface area (TPSA) is 77.8 Å². The largest absolute Gasteiger partial charge is 0.373 e. The Morgan fingerprint density at radius 2 is 1.00 bits per heavy atom. The molecule has 1 unspecified atom stereocenters. The van der Waals surface area contributed by atoms with Crippen LogP contribution in [0, 0.1) is 0 Å². The molecule has 0 spiro atoms. The van der Waals surface area contributed by atoms with E-state index in [-0.39, 0.29) is 13.0 Å². The third kappa shape index (κ3) is 19.8. The van der Waals surface area contributed by atoms with Gasteiger partial charge in [-0.2, -0.15) is 0 Å². The standard InChI is InChI=1S/C28H56NO4P/c1-5-6-7-8-9-10-11-12-13-14-15-16-17-18-19-20-21-22-23-24-25-26-28(30,34(31,32)33)27-29(2,3)4/h7-8,18-19,30H,5-6,9-17,20-27H2,1-4H3,(H-,31,32,33)/p+1/b8-7-,19-18-. The van der Waals surface area contributed by atoms with Gasteiger partial charge in [-0.15, -0.1) is 0 Å².